The molecule has 0 spiro atoms. The Labute approximate surface area is 118 Å². The normalized spacial score (nSPS) is 10.3. The highest BCUT2D eigenvalue weighted by Gasteiger charge is 2.17. The van der Waals surface area contributed by atoms with E-state index in [4.69, 9.17) is 16.1 Å². The van der Waals surface area contributed by atoms with Crippen LogP contribution in [0.15, 0.2) is 22.7 Å². The number of carbonyl (C=O) groups is 1. The van der Waals surface area contributed by atoms with Crippen LogP contribution in [0.2, 0.25) is 5.02 Å². The van der Waals surface area contributed by atoms with Crippen LogP contribution in [0, 0.1) is 24.0 Å². The number of amides is 1. The number of aromatic nitrogens is 1. The molecule has 0 unspecified atom stereocenters. The molecule has 7 nitrogen and oxygen atoms in total. The molecule has 0 saturated heterocycles. The van der Waals surface area contributed by atoms with Crippen molar-refractivity contribution in [3.63, 3.8) is 0 Å². The first-order chi connectivity index (χ1) is 9.40. The summed E-state index contributed by atoms with van der Waals surface area (Å²) in [5.74, 6) is -0.247. The fourth-order valence-electron chi connectivity index (χ4n) is 1.50. The molecule has 1 N–H and O–H groups in total. The van der Waals surface area contributed by atoms with E-state index in [1.807, 2.05) is 0 Å². The second-order valence-corrected chi connectivity index (χ2v) is 4.51. The summed E-state index contributed by atoms with van der Waals surface area (Å²) in [5.41, 5.74) is 1.32. The third-order valence-corrected chi connectivity index (χ3v) is 3.09. The molecule has 0 radical (unpaired) electrons. The molecule has 104 valence electrons. The predicted octanol–water partition coefficient (Wildman–Crippen LogP) is 3.11. The standard InChI is InChI=1S/C12H10ClN3O4/c1-6-7(2)15-20-12(6)14-11(17)8-3-4-10(16(18)19)9(13)5-8/h3-5H,1-2H3,(H,14,17). The van der Waals surface area contributed by atoms with Gasteiger partial charge in [-0.25, -0.2) is 0 Å². The fraction of sp³-hybridized carbons (Fsp3) is 0.167. The van der Waals surface area contributed by atoms with Gasteiger partial charge in [0, 0.05) is 17.2 Å². The van der Waals surface area contributed by atoms with E-state index in [1.54, 1.807) is 13.8 Å². The van der Waals surface area contributed by atoms with Crippen LogP contribution in [0.4, 0.5) is 11.6 Å². The Hall–Kier alpha value is -2.41. The molecule has 0 bridgehead atoms. The van der Waals surface area contributed by atoms with Crippen molar-refractivity contribution in [3.05, 3.63) is 50.2 Å². The molecule has 0 fully saturated rings. The summed E-state index contributed by atoms with van der Waals surface area (Å²) in [6.07, 6.45) is 0. The van der Waals surface area contributed by atoms with Crippen LogP contribution in [0.1, 0.15) is 21.6 Å². The zero-order valence-corrected chi connectivity index (χ0v) is 11.4. The van der Waals surface area contributed by atoms with E-state index in [9.17, 15) is 14.9 Å². The topological polar surface area (TPSA) is 98.3 Å². The van der Waals surface area contributed by atoms with Crippen LogP contribution in [0.25, 0.3) is 0 Å². The van der Waals surface area contributed by atoms with Crippen molar-refractivity contribution in [1.82, 2.24) is 5.16 Å². The van der Waals surface area contributed by atoms with Gasteiger partial charge in [0.25, 0.3) is 11.6 Å². The number of anilines is 1. The number of nitro groups is 1. The Morgan fingerprint density at radius 1 is 1.45 bits per heavy atom. The molecule has 2 aromatic rings. The van der Waals surface area contributed by atoms with Gasteiger partial charge in [0.15, 0.2) is 0 Å². The van der Waals surface area contributed by atoms with Gasteiger partial charge in [0.05, 0.1) is 10.6 Å². The predicted molar refractivity (Wildman–Crippen MR) is 72.0 cm³/mol. The number of rotatable bonds is 3. The molecule has 1 aromatic carbocycles. The van der Waals surface area contributed by atoms with Gasteiger partial charge in [-0.15, -0.1) is 0 Å². The lowest BCUT2D eigenvalue weighted by atomic mass is 10.2. The van der Waals surface area contributed by atoms with Crippen molar-refractivity contribution in [2.24, 2.45) is 0 Å². The molecule has 0 saturated carbocycles. The number of hydrogen-bond donors (Lipinski definition) is 1. The molecule has 0 aliphatic carbocycles. The molecule has 1 heterocycles. The number of benzene rings is 1. The zero-order valence-electron chi connectivity index (χ0n) is 10.6. The molecule has 0 atom stereocenters. The minimum atomic E-state index is -0.617. The molecule has 0 aliphatic heterocycles. The molecule has 1 amide bonds. The Kier molecular flexibility index (Phi) is 3.71. The number of nitrogens with one attached hydrogen (secondary N) is 1. The largest absolute Gasteiger partial charge is 0.338 e. The summed E-state index contributed by atoms with van der Waals surface area (Å²) in [7, 11) is 0. The van der Waals surface area contributed by atoms with Crippen LogP contribution in [0.5, 0.6) is 0 Å². The maximum absolute atomic E-state index is 12.0. The van der Waals surface area contributed by atoms with E-state index >= 15 is 0 Å². The molecule has 20 heavy (non-hydrogen) atoms. The van der Waals surface area contributed by atoms with E-state index in [0.29, 0.717) is 11.3 Å². The summed E-state index contributed by atoms with van der Waals surface area (Å²) in [6.45, 7) is 3.50. The van der Waals surface area contributed by atoms with Gasteiger partial charge in [-0.3, -0.25) is 20.2 Å². The summed E-state index contributed by atoms with van der Waals surface area (Å²) < 4.78 is 4.96. The van der Waals surface area contributed by atoms with Gasteiger partial charge in [-0.1, -0.05) is 16.8 Å². The Morgan fingerprint density at radius 3 is 2.65 bits per heavy atom. The first kappa shape index (κ1) is 14.0. The zero-order chi connectivity index (χ0) is 14.9. The first-order valence-corrected chi connectivity index (χ1v) is 5.96. The summed E-state index contributed by atoms with van der Waals surface area (Å²) in [6, 6.07) is 3.72. The van der Waals surface area contributed by atoms with Crippen LogP contribution in [-0.2, 0) is 0 Å². The highest BCUT2D eigenvalue weighted by atomic mass is 35.5. The van der Waals surface area contributed by atoms with Crippen molar-refractivity contribution in [2.45, 2.75) is 13.8 Å². The van der Waals surface area contributed by atoms with Crippen LogP contribution in [0.3, 0.4) is 0 Å². The van der Waals surface area contributed by atoms with Crippen molar-refractivity contribution in [3.8, 4) is 0 Å². The maximum Gasteiger partial charge on any atom is 0.287 e. The lowest BCUT2D eigenvalue weighted by molar-refractivity contribution is -0.384. The SMILES string of the molecule is Cc1noc(NC(=O)c2ccc([N+](=O)[O-])c(Cl)c2)c1C. The number of hydrogen-bond acceptors (Lipinski definition) is 5. The number of carbonyl (C=O) groups excluding carboxylic acids is 1. The van der Waals surface area contributed by atoms with Gasteiger partial charge in [0.2, 0.25) is 5.88 Å². The number of nitrogens with zero attached hydrogens (tertiary/aromatic N) is 2. The number of nitro benzene ring substituents is 1. The van der Waals surface area contributed by atoms with Gasteiger partial charge in [-0.05, 0) is 26.0 Å². The quantitative estimate of drug-likeness (QED) is 0.693. The van der Waals surface area contributed by atoms with E-state index in [0.717, 1.165) is 0 Å². The Morgan fingerprint density at radius 2 is 2.15 bits per heavy atom. The highest BCUT2D eigenvalue weighted by Crippen LogP contribution is 2.26. The second kappa shape index (κ2) is 5.30. The minimum absolute atomic E-state index is 0.104. The van der Waals surface area contributed by atoms with Crippen LogP contribution >= 0.6 is 11.6 Å². The summed E-state index contributed by atoms with van der Waals surface area (Å²) in [5, 5.41) is 16.8. The van der Waals surface area contributed by atoms with E-state index in [2.05, 4.69) is 10.5 Å². The van der Waals surface area contributed by atoms with Gasteiger partial charge in [-0.2, -0.15) is 0 Å². The maximum atomic E-state index is 12.0. The van der Waals surface area contributed by atoms with E-state index in [-0.39, 0.29) is 22.2 Å². The smallest absolute Gasteiger partial charge is 0.287 e. The highest BCUT2D eigenvalue weighted by molar-refractivity contribution is 6.33. The molecule has 0 aliphatic rings. The second-order valence-electron chi connectivity index (χ2n) is 4.10. The van der Waals surface area contributed by atoms with Crippen LogP contribution in [-0.4, -0.2) is 16.0 Å². The minimum Gasteiger partial charge on any atom is -0.338 e. The summed E-state index contributed by atoms with van der Waals surface area (Å²) in [4.78, 5) is 22.0. The van der Waals surface area contributed by atoms with Crippen LogP contribution < -0.4 is 5.32 Å². The molecule has 2 rings (SSSR count). The van der Waals surface area contributed by atoms with Gasteiger partial charge in [0.1, 0.15) is 5.02 Å². The molecule has 8 heteroatoms. The third-order valence-electron chi connectivity index (χ3n) is 2.79. The van der Waals surface area contributed by atoms with Crippen molar-refractivity contribution >= 4 is 29.1 Å². The number of aryl methyl sites for hydroxylation is 1. The molecule has 1 aromatic heterocycles. The van der Waals surface area contributed by atoms with Crippen molar-refractivity contribution in [2.75, 3.05) is 5.32 Å². The van der Waals surface area contributed by atoms with Gasteiger partial charge >= 0.3 is 0 Å². The monoisotopic (exact) mass is 295 g/mol. The Bertz CT molecular complexity index is 696. The lowest BCUT2D eigenvalue weighted by Gasteiger charge is -2.03. The van der Waals surface area contributed by atoms with Gasteiger partial charge < -0.3 is 4.52 Å². The van der Waals surface area contributed by atoms with Crippen molar-refractivity contribution in [1.29, 1.82) is 0 Å². The average Bonchev–Trinajstić information content (AvgIpc) is 2.70. The fourth-order valence-corrected chi connectivity index (χ4v) is 1.75. The molecular formula is C12H10ClN3O4. The third kappa shape index (κ3) is 2.62. The first-order valence-electron chi connectivity index (χ1n) is 5.58. The van der Waals surface area contributed by atoms with E-state index in [1.165, 1.54) is 18.2 Å². The summed E-state index contributed by atoms with van der Waals surface area (Å²) >= 11 is 5.75. The number of halogens is 1. The van der Waals surface area contributed by atoms with Crippen molar-refractivity contribution < 1.29 is 14.2 Å². The lowest BCUT2D eigenvalue weighted by Crippen LogP contribution is -2.12. The van der Waals surface area contributed by atoms with E-state index < -0.39 is 10.8 Å². The Balaban J connectivity index is 2.24. The molecular weight excluding hydrogens is 286 g/mol. The average molecular weight is 296 g/mol.